The van der Waals surface area contributed by atoms with Crippen molar-refractivity contribution in [3.05, 3.63) is 290 Å². The van der Waals surface area contributed by atoms with Crippen LogP contribution in [0.25, 0.3) is 56.7 Å². The molecule has 0 spiro atoms. The summed E-state index contributed by atoms with van der Waals surface area (Å²) in [5, 5.41) is 24.3. The highest BCUT2D eigenvalue weighted by atomic mass is 15.1. The summed E-state index contributed by atoms with van der Waals surface area (Å²) < 4.78 is 4.49. The molecule has 0 bridgehead atoms. The average Bonchev–Trinajstić information content (AvgIpc) is 3.87. The SMILES string of the molecule is C=C/C(C#N)=C\C=C\N(C(=C)/C=C\C(=C)C(=C)/C=C\C(=C)N(/C=C/C=c1\c(=C)c2ccccc2n1-c1ccccc1)c1ccc(C#N)cc1)c1ccc2c(c1)c1ccccc1n2-c1ccccc1. The first-order valence-electron chi connectivity index (χ1n) is 21.9. The smallest absolute Gasteiger partial charge is 0.0991 e. The number of rotatable bonds is 16. The molecule has 68 heavy (non-hydrogen) atoms. The van der Waals surface area contributed by atoms with Crippen LogP contribution in [0.5, 0.6) is 0 Å². The molecule has 0 radical (unpaired) electrons. The Kier molecular flexibility index (Phi) is 13.5. The Hall–Kier alpha value is -9.62. The van der Waals surface area contributed by atoms with Crippen LogP contribution < -0.4 is 20.4 Å². The number of nitriles is 2. The van der Waals surface area contributed by atoms with Crippen LogP contribution in [0, 0.1) is 22.7 Å². The van der Waals surface area contributed by atoms with Gasteiger partial charge in [-0.1, -0.05) is 130 Å². The van der Waals surface area contributed by atoms with Gasteiger partial charge in [-0.2, -0.15) is 10.5 Å². The Morgan fingerprint density at radius 1 is 0.529 bits per heavy atom. The molecule has 2 heterocycles. The molecule has 326 valence electrons. The van der Waals surface area contributed by atoms with E-state index in [9.17, 15) is 10.5 Å². The van der Waals surface area contributed by atoms with E-state index in [0.717, 1.165) is 66.0 Å². The van der Waals surface area contributed by atoms with E-state index in [1.54, 1.807) is 18.2 Å². The Bertz CT molecular complexity index is 3630. The third-order valence-electron chi connectivity index (χ3n) is 11.6. The summed E-state index contributed by atoms with van der Waals surface area (Å²) in [4.78, 5) is 3.93. The molecule has 0 aliphatic heterocycles. The van der Waals surface area contributed by atoms with Crippen LogP contribution in [0.4, 0.5) is 11.4 Å². The predicted molar refractivity (Wildman–Crippen MR) is 286 cm³/mol. The summed E-state index contributed by atoms with van der Waals surface area (Å²) in [7, 11) is 0. The monoisotopic (exact) mass is 876 g/mol. The van der Waals surface area contributed by atoms with E-state index < -0.39 is 0 Å². The second-order valence-electron chi connectivity index (χ2n) is 15.8. The molecule has 0 atom stereocenters. The summed E-state index contributed by atoms with van der Waals surface area (Å²) in [5.74, 6) is 0. The van der Waals surface area contributed by atoms with Gasteiger partial charge in [-0.05, 0) is 126 Å². The Morgan fingerprint density at radius 3 is 1.65 bits per heavy atom. The van der Waals surface area contributed by atoms with Gasteiger partial charge in [-0.3, -0.25) is 0 Å². The molecule has 0 unspecified atom stereocenters. The number of anilines is 2. The summed E-state index contributed by atoms with van der Waals surface area (Å²) >= 11 is 0. The second-order valence-corrected chi connectivity index (χ2v) is 15.8. The quantitative estimate of drug-likeness (QED) is 0.0716. The maximum absolute atomic E-state index is 9.56. The number of aromatic nitrogens is 2. The largest absolute Gasteiger partial charge is 0.318 e. The lowest BCUT2D eigenvalue weighted by molar-refractivity contribution is 1.07. The highest BCUT2D eigenvalue weighted by molar-refractivity contribution is 6.10. The zero-order chi connectivity index (χ0) is 47.6. The summed E-state index contributed by atoms with van der Waals surface area (Å²) in [5.41, 5.74) is 10.7. The molecule has 0 fully saturated rings. The van der Waals surface area contributed by atoms with Crippen molar-refractivity contribution in [3.8, 4) is 23.5 Å². The normalized spacial score (nSPS) is 12.1. The molecule has 0 amide bonds. The Morgan fingerprint density at radius 2 is 1.04 bits per heavy atom. The number of hydrogen-bond donors (Lipinski definition) is 0. The van der Waals surface area contributed by atoms with Gasteiger partial charge in [0.1, 0.15) is 0 Å². The molecule has 8 rings (SSSR count). The summed E-state index contributed by atoms with van der Waals surface area (Å²) in [6.07, 6.45) is 20.5. The molecule has 0 aliphatic carbocycles. The molecule has 0 N–H and O–H groups in total. The molecule has 6 aromatic carbocycles. The standard InChI is InChI=1S/C62H48N6/c1-7-50(43-63)20-18-40-66(55-38-39-62-58(42-55)57-26-15-17-28-61(57)68(62)54-23-12-9-13-24-54)48(5)33-31-46(3)45(2)30-32-47(4)65(52-36-34-51(44-64)35-37-52)41-19-29-59-49(6)56-25-14-16-27-60(56)67(59)53-21-10-8-11-22-53/h7-42H,1-6H2/b32-30-,33-31-,40-18+,41-19+,50-20+,59-29+. The number of hydrogen-bond acceptors (Lipinski definition) is 4. The lowest BCUT2D eigenvalue weighted by atomic mass is 10.1. The highest BCUT2D eigenvalue weighted by Gasteiger charge is 2.15. The van der Waals surface area contributed by atoms with Gasteiger partial charge in [-0.15, -0.1) is 0 Å². The second kappa shape index (κ2) is 20.5. The van der Waals surface area contributed by atoms with Gasteiger partial charge >= 0.3 is 0 Å². The number of benzene rings is 6. The van der Waals surface area contributed by atoms with E-state index in [1.807, 2.05) is 119 Å². The number of para-hydroxylation sites is 4. The highest BCUT2D eigenvalue weighted by Crippen LogP contribution is 2.35. The van der Waals surface area contributed by atoms with Crippen LogP contribution in [-0.4, -0.2) is 9.13 Å². The first-order chi connectivity index (χ1) is 33.2. The van der Waals surface area contributed by atoms with Crippen LogP contribution in [0.1, 0.15) is 5.56 Å². The molecule has 6 heteroatoms. The van der Waals surface area contributed by atoms with E-state index in [2.05, 4.69) is 146 Å². The fourth-order valence-electron chi connectivity index (χ4n) is 8.09. The van der Waals surface area contributed by atoms with E-state index >= 15 is 0 Å². The van der Waals surface area contributed by atoms with Gasteiger partial charge in [0.15, 0.2) is 0 Å². The van der Waals surface area contributed by atoms with Gasteiger partial charge in [-0.25, -0.2) is 0 Å². The van der Waals surface area contributed by atoms with Crippen molar-refractivity contribution in [2.24, 2.45) is 0 Å². The molecular formula is C62H48N6. The van der Waals surface area contributed by atoms with Gasteiger partial charge in [0.05, 0.1) is 45.2 Å². The predicted octanol–water partition coefficient (Wildman–Crippen LogP) is 13.7. The fourth-order valence-corrected chi connectivity index (χ4v) is 8.09. The molecule has 0 saturated carbocycles. The van der Waals surface area contributed by atoms with Crippen LogP contribution in [0.3, 0.4) is 0 Å². The van der Waals surface area contributed by atoms with E-state index in [-0.39, 0.29) is 0 Å². The molecule has 0 saturated heterocycles. The topological polar surface area (TPSA) is 63.9 Å². The van der Waals surface area contributed by atoms with Crippen molar-refractivity contribution in [2.45, 2.75) is 0 Å². The van der Waals surface area contributed by atoms with Gasteiger partial charge in [0, 0.05) is 67.9 Å². The fraction of sp³-hybridized carbons (Fsp3) is 0. The molecule has 8 aromatic rings. The molecule has 0 aliphatic rings. The van der Waals surface area contributed by atoms with Crippen molar-refractivity contribution >= 4 is 56.7 Å². The van der Waals surface area contributed by atoms with Crippen molar-refractivity contribution in [1.82, 2.24) is 9.13 Å². The van der Waals surface area contributed by atoms with Crippen molar-refractivity contribution in [1.29, 1.82) is 10.5 Å². The zero-order valence-electron chi connectivity index (χ0n) is 37.7. The van der Waals surface area contributed by atoms with Crippen LogP contribution >= 0.6 is 0 Å². The number of fused-ring (bicyclic) bond motifs is 4. The first kappa shape index (κ1) is 45.0. The zero-order valence-corrected chi connectivity index (χ0v) is 37.7. The van der Waals surface area contributed by atoms with Gasteiger partial charge in [0.2, 0.25) is 0 Å². The van der Waals surface area contributed by atoms with Crippen molar-refractivity contribution in [3.63, 3.8) is 0 Å². The van der Waals surface area contributed by atoms with E-state index in [0.29, 0.717) is 33.7 Å². The first-order valence-corrected chi connectivity index (χ1v) is 21.9. The minimum absolute atomic E-state index is 0.437. The molecule has 6 nitrogen and oxygen atoms in total. The molecule has 2 aromatic heterocycles. The van der Waals surface area contributed by atoms with E-state index in [1.165, 1.54) is 6.08 Å². The third kappa shape index (κ3) is 9.43. The van der Waals surface area contributed by atoms with E-state index in [4.69, 9.17) is 0 Å². The minimum atomic E-state index is 0.437. The summed E-state index contributed by atoms with van der Waals surface area (Å²) in [6.45, 7) is 25.8. The van der Waals surface area contributed by atoms with Gasteiger partial charge in [0.25, 0.3) is 0 Å². The maximum Gasteiger partial charge on any atom is 0.0991 e. The Labute approximate surface area is 397 Å². The van der Waals surface area contributed by atoms with Gasteiger partial charge < -0.3 is 18.9 Å². The third-order valence-corrected chi connectivity index (χ3v) is 11.6. The number of allylic oxidation sites excluding steroid dienone is 11. The maximum atomic E-state index is 9.56. The minimum Gasteiger partial charge on any atom is -0.318 e. The van der Waals surface area contributed by atoms with Crippen LogP contribution in [-0.2, 0) is 0 Å². The van der Waals surface area contributed by atoms with Crippen LogP contribution in [0.2, 0.25) is 0 Å². The molecular weight excluding hydrogens is 829 g/mol. The lowest BCUT2D eigenvalue weighted by Gasteiger charge is -2.22. The van der Waals surface area contributed by atoms with Crippen LogP contribution in [0.15, 0.2) is 274 Å². The Balaban J connectivity index is 1.07. The summed E-state index contributed by atoms with van der Waals surface area (Å²) in [6, 6.07) is 55.3. The van der Waals surface area contributed by atoms with Crippen molar-refractivity contribution in [2.75, 3.05) is 9.80 Å². The van der Waals surface area contributed by atoms with Crippen molar-refractivity contribution < 1.29 is 0 Å². The number of nitrogens with zero attached hydrogens (tertiary/aromatic N) is 6. The lowest BCUT2D eigenvalue weighted by Crippen LogP contribution is -2.27. The average molecular weight is 877 g/mol.